The molecule has 0 spiro atoms. The van der Waals surface area contributed by atoms with Crippen LogP contribution >= 0.6 is 0 Å². The highest BCUT2D eigenvalue weighted by molar-refractivity contribution is 5.17. The highest BCUT2D eigenvalue weighted by Crippen LogP contribution is 2.11. The summed E-state index contributed by atoms with van der Waals surface area (Å²) in [7, 11) is 0. The number of halogens is 1. The molecule has 0 amide bonds. The minimum Gasteiger partial charge on any atom is -0.311 e. The van der Waals surface area contributed by atoms with E-state index in [0.29, 0.717) is 12.1 Å². The van der Waals surface area contributed by atoms with Crippen LogP contribution in [0.1, 0.15) is 46.1 Å². The molecule has 2 heteroatoms. The second-order valence-corrected chi connectivity index (χ2v) is 5.55. The van der Waals surface area contributed by atoms with Crippen LogP contribution < -0.4 is 5.32 Å². The highest BCUT2D eigenvalue weighted by Gasteiger charge is 2.10. The Labute approximate surface area is 111 Å². The van der Waals surface area contributed by atoms with E-state index in [1.54, 1.807) is 0 Å². The fraction of sp³-hybridized carbons (Fsp3) is 0.625. The van der Waals surface area contributed by atoms with E-state index in [1.165, 1.54) is 30.5 Å². The molecule has 1 rings (SSSR count). The maximum atomic E-state index is 12.8. The summed E-state index contributed by atoms with van der Waals surface area (Å²) >= 11 is 0. The van der Waals surface area contributed by atoms with Crippen LogP contribution in [0, 0.1) is 11.7 Å². The van der Waals surface area contributed by atoms with Gasteiger partial charge in [-0.15, -0.1) is 0 Å². The lowest BCUT2D eigenvalue weighted by Crippen LogP contribution is -2.36. The van der Waals surface area contributed by atoms with Gasteiger partial charge in [-0.1, -0.05) is 32.4 Å². The lowest BCUT2D eigenvalue weighted by Gasteiger charge is -2.22. The van der Waals surface area contributed by atoms with Gasteiger partial charge in [-0.3, -0.25) is 0 Å². The zero-order valence-electron chi connectivity index (χ0n) is 12.0. The Bertz CT molecular complexity index is 333. The Kier molecular flexibility index (Phi) is 6.34. The van der Waals surface area contributed by atoms with E-state index >= 15 is 0 Å². The minimum atomic E-state index is -0.162. The molecule has 0 aliphatic carbocycles. The SMILES string of the molecule is CCC(C)CC(C)NC(C)Cc1ccc(F)cc1. The molecule has 0 fully saturated rings. The van der Waals surface area contributed by atoms with E-state index in [1.807, 2.05) is 12.1 Å². The van der Waals surface area contributed by atoms with Crippen molar-refractivity contribution in [3.63, 3.8) is 0 Å². The molecule has 1 aromatic carbocycles. The van der Waals surface area contributed by atoms with Gasteiger partial charge >= 0.3 is 0 Å². The normalized spacial score (nSPS) is 16.3. The van der Waals surface area contributed by atoms with Crippen LogP contribution in [0.5, 0.6) is 0 Å². The van der Waals surface area contributed by atoms with Crippen LogP contribution in [0.25, 0.3) is 0 Å². The predicted octanol–water partition coefficient (Wildman–Crippen LogP) is 4.17. The lowest BCUT2D eigenvalue weighted by molar-refractivity contribution is 0.380. The molecule has 18 heavy (non-hydrogen) atoms. The third-order valence-corrected chi connectivity index (χ3v) is 3.48. The predicted molar refractivity (Wildman–Crippen MR) is 76.2 cm³/mol. The molecule has 0 aromatic heterocycles. The van der Waals surface area contributed by atoms with Gasteiger partial charge < -0.3 is 5.32 Å². The Morgan fingerprint density at radius 1 is 1.06 bits per heavy atom. The third kappa shape index (κ3) is 5.63. The summed E-state index contributed by atoms with van der Waals surface area (Å²) in [4.78, 5) is 0. The molecule has 1 nitrogen and oxygen atoms in total. The molecule has 0 saturated carbocycles. The highest BCUT2D eigenvalue weighted by atomic mass is 19.1. The molecule has 0 aliphatic rings. The molecule has 3 atom stereocenters. The Morgan fingerprint density at radius 3 is 2.22 bits per heavy atom. The van der Waals surface area contributed by atoms with Gasteiger partial charge in [-0.25, -0.2) is 4.39 Å². The second kappa shape index (κ2) is 7.52. The average Bonchev–Trinajstić information content (AvgIpc) is 2.31. The summed E-state index contributed by atoms with van der Waals surface area (Å²) in [5.74, 6) is 0.607. The summed E-state index contributed by atoms with van der Waals surface area (Å²) in [6.07, 6.45) is 3.40. The van der Waals surface area contributed by atoms with Gasteiger partial charge in [0.1, 0.15) is 5.82 Å². The van der Waals surface area contributed by atoms with E-state index in [9.17, 15) is 4.39 Å². The van der Waals surface area contributed by atoms with E-state index in [-0.39, 0.29) is 5.82 Å². The molecule has 0 saturated heterocycles. The van der Waals surface area contributed by atoms with Crippen LogP contribution in [-0.4, -0.2) is 12.1 Å². The van der Waals surface area contributed by atoms with Gasteiger partial charge in [0.2, 0.25) is 0 Å². The first-order valence-corrected chi connectivity index (χ1v) is 7.01. The standard InChI is InChI=1S/C16H26FN/c1-5-12(2)10-13(3)18-14(4)11-15-6-8-16(17)9-7-15/h6-9,12-14,18H,5,10-11H2,1-4H3. The van der Waals surface area contributed by atoms with Gasteiger partial charge in [0, 0.05) is 12.1 Å². The topological polar surface area (TPSA) is 12.0 Å². The summed E-state index contributed by atoms with van der Waals surface area (Å²) in [5.41, 5.74) is 1.19. The number of hydrogen-bond acceptors (Lipinski definition) is 1. The van der Waals surface area contributed by atoms with E-state index in [0.717, 1.165) is 12.3 Å². The monoisotopic (exact) mass is 251 g/mol. The van der Waals surface area contributed by atoms with Crippen molar-refractivity contribution in [2.24, 2.45) is 5.92 Å². The van der Waals surface area contributed by atoms with Crippen molar-refractivity contribution in [1.29, 1.82) is 0 Å². The van der Waals surface area contributed by atoms with Crippen LogP contribution in [0.3, 0.4) is 0 Å². The van der Waals surface area contributed by atoms with E-state index < -0.39 is 0 Å². The van der Waals surface area contributed by atoms with Crippen molar-refractivity contribution in [2.45, 2.75) is 59.0 Å². The summed E-state index contributed by atoms with van der Waals surface area (Å²) in [6, 6.07) is 7.76. The van der Waals surface area contributed by atoms with Gasteiger partial charge in [0.15, 0.2) is 0 Å². The van der Waals surface area contributed by atoms with Crippen molar-refractivity contribution in [2.75, 3.05) is 0 Å². The molecular formula is C16H26FN. The van der Waals surface area contributed by atoms with Gasteiger partial charge in [-0.05, 0) is 50.3 Å². The van der Waals surface area contributed by atoms with Gasteiger partial charge in [0.25, 0.3) is 0 Å². The summed E-state index contributed by atoms with van der Waals surface area (Å²) < 4.78 is 12.8. The van der Waals surface area contributed by atoms with Crippen molar-refractivity contribution in [3.05, 3.63) is 35.6 Å². The van der Waals surface area contributed by atoms with Crippen molar-refractivity contribution in [3.8, 4) is 0 Å². The van der Waals surface area contributed by atoms with Gasteiger partial charge in [0.05, 0.1) is 0 Å². The largest absolute Gasteiger partial charge is 0.311 e. The van der Waals surface area contributed by atoms with Crippen molar-refractivity contribution in [1.82, 2.24) is 5.32 Å². The van der Waals surface area contributed by atoms with Crippen LogP contribution in [0.15, 0.2) is 24.3 Å². The fourth-order valence-electron chi connectivity index (χ4n) is 2.36. The average molecular weight is 251 g/mol. The zero-order chi connectivity index (χ0) is 13.5. The number of rotatable bonds is 7. The molecule has 102 valence electrons. The second-order valence-electron chi connectivity index (χ2n) is 5.55. The van der Waals surface area contributed by atoms with Gasteiger partial charge in [-0.2, -0.15) is 0 Å². The number of hydrogen-bond donors (Lipinski definition) is 1. The molecule has 0 heterocycles. The lowest BCUT2D eigenvalue weighted by atomic mass is 9.99. The Hall–Kier alpha value is -0.890. The number of nitrogens with one attached hydrogen (secondary N) is 1. The van der Waals surface area contributed by atoms with E-state index in [2.05, 4.69) is 33.0 Å². The molecule has 0 bridgehead atoms. The number of benzene rings is 1. The summed E-state index contributed by atoms with van der Waals surface area (Å²) in [6.45, 7) is 8.96. The quantitative estimate of drug-likeness (QED) is 0.767. The Morgan fingerprint density at radius 2 is 1.67 bits per heavy atom. The van der Waals surface area contributed by atoms with Crippen LogP contribution in [0.4, 0.5) is 4.39 Å². The van der Waals surface area contributed by atoms with Crippen molar-refractivity contribution < 1.29 is 4.39 Å². The molecule has 0 aliphatic heterocycles. The minimum absolute atomic E-state index is 0.162. The third-order valence-electron chi connectivity index (χ3n) is 3.48. The Balaban J connectivity index is 2.36. The molecule has 3 unspecified atom stereocenters. The van der Waals surface area contributed by atoms with Crippen LogP contribution in [-0.2, 0) is 6.42 Å². The first kappa shape index (κ1) is 15.2. The van der Waals surface area contributed by atoms with E-state index in [4.69, 9.17) is 0 Å². The molecule has 1 N–H and O–H groups in total. The molecular weight excluding hydrogens is 225 g/mol. The maximum absolute atomic E-state index is 12.8. The summed E-state index contributed by atoms with van der Waals surface area (Å²) in [5, 5.41) is 3.61. The molecule has 1 aromatic rings. The molecule has 0 radical (unpaired) electrons. The van der Waals surface area contributed by atoms with Crippen molar-refractivity contribution >= 4 is 0 Å². The van der Waals surface area contributed by atoms with Crippen LogP contribution in [0.2, 0.25) is 0 Å². The first-order valence-electron chi connectivity index (χ1n) is 7.01. The first-order chi connectivity index (χ1) is 8.51. The maximum Gasteiger partial charge on any atom is 0.123 e. The zero-order valence-corrected chi connectivity index (χ0v) is 12.0. The smallest absolute Gasteiger partial charge is 0.123 e. The fourth-order valence-corrected chi connectivity index (χ4v) is 2.36.